The summed E-state index contributed by atoms with van der Waals surface area (Å²) >= 11 is 0. The summed E-state index contributed by atoms with van der Waals surface area (Å²) in [6.07, 6.45) is -2.29. The van der Waals surface area contributed by atoms with Crippen molar-refractivity contribution in [2.75, 3.05) is 20.2 Å². The average molecular weight is 454 g/mol. The molecule has 2 aromatic rings. The van der Waals surface area contributed by atoms with Crippen LogP contribution < -0.4 is 4.74 Å². The summed E-state index contributed by atoms with van der Waals surface area (Å²) < 4.78 is 63.0. The Morgan fingerprint density at radius 2 is 1.91 bits per heavy atom. The summed E-state index contributed by atoms with van der Waals surface area (Å²) in [5, 5.41) is 0. The number of hydrogen-bond acceptors (Lipinski definition) is 4. The lowest BCUT2D eigenvalue weighted by molar-refractivity contribution is -0.137. The SMILES string of the molecule is CCCOc1cc(N=CN(C)CC)c(C)cc1C(=O)OCc1ccc(C(F)(F)F)cc1F. The zero-order valence-electron chi connectivity index (χ0n) is 18.4. The molecule has 0 bridgehead atoms. The van der Waals surface area contributed by atoms with Crippen molar-refractivity contribution in [2.45, 2.75) is 40.0 Å². The Kier molecular flexibility index (Phi) is 8.63. The third kappa shape index (κ3) is 6.70. The third-order valence-electron chi connectivity index (χ3n) is 4.61. The van der Waals surface area contributed by atoms with Gasteiger partial charge in [0.1, 0.15) is 23.7 Å². The number of aliphatic imine (C=N–C) groups is 1. The van der Waals surface area contributed by atoms with E-state index in [1.54, 1.807) is 25.4 Å². The lowest BCUT2D eigenvalue weighted by Gasteiger charge is -2.15. The predicted octanol–water partition coefficient (Wildman–Crippen LogP) is 5.91. The van der Waals surface area contributed by atoms with Crippen LogP contribution in [-0.2, 0) is 17.5 Å². The van der Waals surface area contributed by atoms with Crippen molar-refractivity contribution in [1.29, 1.82) is 0 Å². The first kappa shape index (κ1) is 25.2. The Labute approximate surface area is 184 Å². The smallest absolute Gasteiger partial charge is 0.416 e. The van der Waals surface area contributed by atoms with Gasteiger partial charge in [0.15, 0.2) is 0 Å². The number of nitrogens with zero attached hydrogens (tertiary/aromatic N) is 2. The number of carbonyl (C=O) groups excluding carboxylic acids is 1. The van der Waals surface area contributed by atoms with Crippen LogP contribution in [0.5, 0.6) is 5.75 Å². The van der Waals surface area contributed by atoms with Gasteiger partial charge in [-0.05, 0) is 44.0 Å². The van der Waals surface area contributed by atoms with E-state index in [1.807, 2.05) is 25.8 Å². The number of esters is 1. The normalized spacial score (nSPS) is 11.6. The number of rotatable bonds is 9. The molecule has 0 fully saturated rings. The number of aryl methyl sites for hydroxylation is 1. The Morgan fingerprint density at radius 1 is 1.19 bits per heavy atom. The molecule has 0 heterocycles. The van der Waals surface area contributed by atoms with E-state index in [4.69, 9.17) is 9.47 Å². The summed E-state index contributed by atoms with van der Waals surface area (Å²) in [6, 6.07) is 5.26. The first-order valence-corrected chi connectivity index (χ1v) is 10.1. The maximum Gasteiger partial charge on any atom is 0.416 e. The van der Waals surface area contributed by atoms with Crippen molar-refractivity contribution < 1.29 is 31.8 Å². The summed E-state index contributed by atoms with van der Waals surface area (Å²) in [4.78, 5) is 19.0. The largest absolute Gasteiger partial charge is 0.493 e. The molecule has 0 N–H and O–H groups in total. The minimum atomic E-state index is -4.66. The number of alkyl halides is 3. The van der Waals surface area contributed by atoms with Crippen molar-refractivity contribution >= 4 is 18.0 Å². The van der Waals surface area contributed by atoms with Gasteiger partial charge in [-0.1, -0.05) is 13.0 Å². The van der Waals surface area contributed by atoms with Crippen molar-refractivity contribution in [1.82, 2.24) is 4.90 Å². The molecule has 0 atom stereocenters. The Morgan fingerprint density at radius 3 is 2.50 bits per heavy atom. The van der Waals surface area contributed by atoms with E-state index in [9.17, 15) is 22.4 Å². The van der Waals surface area contributed by atoms with Crippen LogP contribution in [0, 0.1) is 12.7 Å². The second kappa shape index (κ2) is 11.0. The van der Waals surface area contributed by atoms with Crippen molar-refractivity contribution in [2.24, 2.45) is 4.99 Å². The summed E-state index contributed by atoms with van der Waals surface area (Å²) in [5.74, 6) is -1.61. The molecule has 0 aliphatic heterocycles. The van der Waals surface area contributed by atoms with Gasteiger partial charge < -0.3 is 14.4 Å². The van der Waals surface area contributed by atoms with Crippen molar-refractivity contribution in [3.63, 3.8) is 0 Å². The Bertz CT molecular complexity index is 974. The van der Waals surface area contributed by atoms with E-state index in [1.165, 1.54) is 0 Å². The number of halogens is 4. The van der Waals surface area contributed by atoms with Gasteiger partial charge in [0, 0.05) is 25.2 Å². The van der Waals surface area contributed by atoms with E-state index >= 15 is 0 Å². The van der Waals surface area contributed by atoms with Gasteiger partial charge in [0.2, 0.25) is 0 Å². The molecule has 0 aliphatic rings. The first-order valence-electron chi connectivity index (χ1n) is 10.1. The molecule has 0 aromatic heterocycles. The molecule has 0 saturated heterocycles. The lowest BCUT2D eigenvalue weighted by atomic mass is 10.1. The fourth-order valence-corrected chi connectivity index (χ4v) is 2.61. The zero-order chi connectivity index (χ0) is 23.9. The van der Waals surface area contributed by atoms with Gasteiger partial charge in [-0.3, -0.25) is 0 Å². The molecule has 0 aliphatic carbocycles. The van der Waals surface area contributed by atoms with Crippen LogP contribution in [0.25, 0.3) is 0 Å². The Balaban J connectivity index is 2.24. The second-order valence-corrected chi connectivity index (χ2v) is 7.18. The van der Waals surface area contributed by atoms with Crippen molar-refractivity contribution in [3.8, 4) is 5.75 Å². The molecule has 5 nitrogen and oxygen atoms in total. The van der Waals surface area contributed by atoms with Gasteiger partial charge in [-0.2, -0.15) is 13.2 Å². The number of ether oxygens (including phenoxy) is 2. The molecule has 0 unspecified atom stereocenters. The third-order valence-corrected chi connectivity index (χ3v) is 4.61. The number of carbonyl (C=O) groups is 1. The summed E-state index contributed by atoms with van der Waals surface area (Å²) in [6.45, 7) is 6.27. The van der Waals surface area contributed by atoms with Crippen LogP contribution in [-0.4, -0.2) is 37.4 Å². The highest BCUT2D eigenvalue weighted by molar-refractivity contribution is 5.93. The highest BCUT2D eigenvalue weighted by atomic mass is 19.4. The molecule has 174 valence electrons. The molecule has 9 heteroatoms. The van der Waals surface area contributed by atoms with Gasteiger partial charge >= 0.3 is 12.1 Å². The van der Waals surface area contributed by atoms with E-state index < -0.39 is 30.1 Å². The van der Waals surface area contributed by atoms with E-state index in [0.29, 0.717) is 30.3 Å². The predicted molar refractivity (Wildman–Crippen MR) is 114 cm³/mol. The molecule has 2 aromatic carbocycles. The van der Waals surface area contributed by atoms with Crippen molar-refractivity contribution in [3.05, 3.63) is 58.4 Å². The molecule has 0 saturated carbocycles. The quantitative estimate of drug-likeness (QED) is 0.205. The highest BCUT2D eigenvalue weighted by Crippen LogP contribution is 2.32. The standard InChI is InChI=1S/C23H26F4N2O3/c1-5-9-31-21-12-20(28-14-29(4)6-2)15(3)10-18(21)22(30)32-13-16-7-8-17(11-19(16)24)23(25,26)27/h7-8,10-12,14H,5-6,9,13H2,1-4H3. The first-order chi connectivity index (χ1) is 15.1. The van der Waals surface area contributed by atoms with E-state index in [-0.39, 0.29) is 16.9 Å². The van der Waals surface area contributed by atoms with Crippen LogP contribution in [0.3, 0.4) is 0 Å². The van der Waals surface area contributed by atoms with Crippen LogP contribution in [0.4, 0.5) is 23.2 Å². The van der Waals surface area contributed by atoms with Gasteiger partial charge in [0.25, 0.3) is 0 Å². The molecular weight excluding hydrogens is 428 g/mol. The molecule has 32 heavy (non-hydrogen) atoms. The second-order valence-electron chi connectivity index (χ2n) is 7.18. The fourth-order valence-electron chi connectivity index (χ4n) is 2.61. The minimum Gasteiger partial charge on any atom is -0.493 e. The maximum absolute atomic E-state index is 14.0. The maximum atomic E-state index is 14.0. The number of hydrogen-bond donors (Lipinski definition) is 0. The van der Waals surface area contributed by atoms with Crippen LogP contribution in [0.1, 0.15) is 47.3 Å². The molecular formula is C23H26F4N2O3. The van der Waals surface area contributed by atoms with Crippen LogP contribution >= 0.6 is 0 Å². The average Bonchev–Trinajstić information content (AvgIpc) is 2.75. The number of benzene rings is 2. The minimum absolute atomic E-state index is 0.131. The molecule has 2 rings (SSSR count). The van der Waals surface area contributed by atoms with Crippen LogP contribution in [0.2, 0.25) is 0 Å². The summed E-state index contributed by atoms with van der Waals surface area (Å²) in [5.41, 5.74) is 0.166. The molecule has 0 radical (unpaired) electrons. The Hall–Kier alpha value is -3.10. The molecule has 0 amide bonds. The zero-order valence-corrected chi connectivity index (χ0v) is 18.4. The monoisotopic (exact) mass is 454 g/mol. The summed E-state index contributed by atoms with van der Waals surface area (Å²) in [7, 11) is 1.87. The van der Waals surface area contributed by atoms with Crippen LogP contribution in [0.15, 0.2) is 35.3 Å². The van der Waals surface area contributed by atoms with E-state index in [0.717, 1.165) is 18.7 Å². The van der Waals surface area contributed by atoms with E-state index in [2.05, 4.69) is 4.99 Å². The van der Waals surface area contributed by atoms with Gasteiger partial charge in [-0.25, -0.2) is 14.2 Å². The topological polar surface area (TPSA) is 51.1 Å². The lowest BCUT2D eigenvalue weighted by Crippen LogP contribution is -2.14. The van der Waals surface area contributed by atoms with Gasteiger partial charge in [-0.15, -0.1) is 0 Å². The fraction of sp³-hybridized carbons (Fsp3) is 0.391. The molecule has 0 spiro atoms. The van der Waals surface area contributed by atoms with Gasteiger partial charge in [0.05, 0.1) is 24.2 Å². The highest BCUT2D eigenvalue weighted by Gasteiger charge is 2.31.